The van der Waals surface area contributed by atoms with E-state index in [0.717, 1.165) is 35.2 Å². The summed E-state index contributed by atoms with van der Waals surface area (Å²) in [6.45, 7) is 9.68. The van der Waals surface area contributed by atoms with E-state index in [1.807, 2.05) is 26.8 Å². The molecule has 1 saturated heterocycles. The Kier molecular flexibility index (Phi) is 6.19. The van der Waals surface area contributed by atoms with Gasteiger partial charge in [-0.05, 0) is 76.1 Å². The molecule has 0 spiro atoms. The average Bonchev–Trinajstić information content (AvgIpc) is 3.57. The first-order valence-electron chi connectivity index (χ1n) is 12.1. The van der Waals surface area contributed by atoms with Crippen LogP contribution in [0.2, 0.25) is 0 Å². The van der Waals surface area contributed by atoms with Crippen LogP contribution in [0.3, 0.4) is 0 Å². The number of hydrogen-bond donors (Lipinski definition) is 0. The van der Waals surface area contributed by atoms with E-state index in [0.29, 0.717) is 29.6 Å². The molecule has 0 amide bonds. The van der Waals surface area contributed by atoms with Gasteiger partial charge in [0.1, 0.15) is 11.5 Å². The third kappa shape index (κ3) is 4.48. The maximum atomic E-state index is 13.3. The summed E-state index contributed by atoms with van der Waals surface area (Å²) in [6.07, 6.45) is 4.73. The summed E-state index contributed by atoms with van der Waals surface area (Å²) in [5.74, 6) is 2.20. The van der Waals surface area contributed by atoms with Crippen LogP contribution in [0.4, 0.5) is 0 Å². The number of aryl methyl sites for hydroxylation is 2. The number of sulfonamides is 1. The first-order chi connectivity index (χ1) is 16.8. The molecule has 1 aliphatic rings. The molecule has 1 unspecified atom stereocenters. The van der Waals surface area contributed by atoms with Crippen LogP contribution in [0, 0.1) is 6.92 Å². The van der Waals surface area contributed by atoms with Gasteiger partial charge in [-0.3, -0.25) is 0 Å². The SMILES string of the molecule is CCn1cc(C2CCN(S(=O)(=O)c3ccc(OC(C)C)cc3)C2)c2ccc(-c3ncc(C)o3)cc21. The predicted molar refractivity (Wildman–Crippen MR) is 136 cm³/mol. The molecule has 1 aliphatic heterocycles. The van der Waals surface area contributed by atoms with E-state index in [9.17, 15) is 8.42 Å². The Morgan fingerprint density at radius 2 is 1.94 bits per heavy atom. The van der Waals surface area contributed by atoms with E-state index in [2.05, 4.69) is 34.8 Å². The van der Waals surface area contributed by atoms with Crippen LogP contribution in [0.15, 0.2) is 64.2 Å². The van der Waals surface area contributed by atoms with Crippen molar-refractivity contribution >= 4 is 20.9 Å². The lowest BCUT2D eigenvalue weighted by molar-refractivity contribution is 0.242. The predicted octanol–water partition coefficient (Wildman–Crippen LogP) is 5.59. The van der Waals surface area contributed by atoms with Crippen molar-refractivity contribution in [3.05, 3.63) is 66.2 Å². The van der Waals surface area contributed by atoms with E-state index in [1.165, 1.54) is 5.56 Å². The molecule has 2 aromatic carbocycles. The minimum Gasteiger partial charge on any atom is -0.491 e. The van der Waals surface area contributed by atoms with Crippen LogP contribution >= 0.6 is 0 Å². The Morgan fingerprint density at radius 3 is 2.60 bits per heavy atom. The van der Waals surface area contributed by atoms with E-state index in [1.54, 1.807) is 34.8 Å². The van der Waals surface area contributed by atoms with E-state index in [4.69, 9.17) is 9.15 Å². The Bertz CT molecular complexity index is 1450. The number of rotatable bonds is 7. The summed E-state index contributed by atoms with van der Waals surface area (Å²) in [5, 5.41) is 1.15. The summed E-state index contributed by atoms with van der Waals surface area (Å²) in [5.41, 5.74) is 3.23. The molecule has 0 bridgehead atoms. The zero-order valence-corrected chi connectivity index (χ0v) is 21.4. The normalized spacial score (nSPS) is 17.0. The van der Waals surface area contributed by atoms with Crippen LogP contribution < -0.4 is 4.74 Å². The smallest absolute Gasteiger partial charge is 0.243 e. The van der Waals surface area contributed by atoms with Crippen molar-refractivity contribution in [2.75, 3.05) is 13.1 Å². The summed E-state index contributed by atoms with van der Waals surface area (Å²) < 4.78 is 41.9. The van der Waals surface area contributed by atoms with Crippen LogP contribution in [0.5, 0.6) is 5.75 Å². The fourth-order valence-electron chi connectivity index (χ4n) is 4.84. The fraction of sp³-hybridized carbons (Fsp3) is 0.370. The number of nitrogens with zero attached hydrogens (tertiary/aromatic N) is 3. The van der Waals surface area contributed by atoms with Gasteiger partial charge in [0.25, 0.3) is 0 Å². The van der Waals surface area contributed by atoms with Crippen molar-refractivity contribution in [1.82, 2.24) is 13.9 Å². The lowest BCUT2D eigenvalue weighted by Crippen LogP contribution is -2.28. The third-order valence-corrected chi connectivity index (χ3v) is 8.43. The van der Waals surface area contributed by atoms with Crippen LogP contribution in [0.1, 0.15) is 44.4 Å². The standard InChI is InChI=1S/C27H31N3O4S/c1-5-29-17-25(24-11-6-20(14-26(24)29)27-28-15-19(4)34-27)21-12-13-30(16-21)35(31,32)23-9-7-22(8-10-23)33-18(2)3/h6-11,14-15,17-18,21H,5,12-13,16H2,1-4H3. The van der Waals surface area contributed by atoms with Crippen molar-refractivity contribution in [3.8, 4) is 17.2 Å². The number of aromatic nitrogens is 2. The topological polar surface area (TPSA) is 77.6 Å². The van der Waals surface area contributed by atoms with Gasteiger partial charge in [0.2, 0.25) is 15.9 Å². The van der Waals surface area contributed by atoms with Crippen LogP contribution in [-0.4, -0.2) is 41.5 Å². The maximum Gasteiger partial charge on any atom is 0.243 e. The zero-order chi connectivity index (χ0) is 24.7. The maximum absolute atomic E-state index is 13.3. The molecule has 0 radical (unpaired) electrons. The highest BCUT2D eigenvalue weighted by Crippen LogP contribution is 2.37. The van der Waals surface area contributed by atoms with Crippen molar-refractivity contribution in [3.63, 3.8) is 0 Å². The Hall–Kier alpha value is -3.10. The van der Waals surface area contributed by atoms with Crippen molar-refractivity contribution in [1.29, 1.82) is 0 Å². The zero-order valence-electron chi connectivity index (χ0n) is 20.6. The lowest BCUT2D eigenvalue weighted by Gasteiger charge is -2.17. The monoisotopic (exact) mass is 493 g/mol. The van der Waals surface area contributed by atoms with Gasteiger partial charge < -0.3 is 13.7 Å². The molecule has 0 N–H and O–H groups in total. The molecule has 4 aromatic rings. The summed E-state index contributed by atoms with van der Waals surface area (Å²) >= 11 is 0. The molecule has 35 heavy (non-hydrogen) atoms. The molecule has 7 nitrogen and oxygen atoms in total. The first kappa shape index (κ1) is 23.6. The molecular weight excluding hydrogens is 462 g/mol. The number of fused-ring (bicyclic) bond motifs is 1. The highest BCUT2D eigenvalue weighted by Gasteiger charge is 2.34. The second-order valence-corrected chi connectivity index (χ2v) is 11.3. The van der Waals surface area contributed by atoms with Crippen LogP contribution in [0.25, 0.3) is 22.4 Å². The Labute approximate surface area is 206 Å². The van der Waals surface area contributed by atoms with Gasteiger partial charge >= 0.3 is 0 Å². The first-order valence-corrected chi connectivity index (χ1v) is 13.5. The number of ether oxygens (including phenoxy) is 1. The summed E-state index contributed by atoms with van der Waals surface area (Å²) in [4.78, 5) is 4.66. The van der Waals surface area contributed by atoms with Gasteiger partial charge in [0, 0.05) is 48.2 Å². The second-order valence-electron chi connectivity index (χ2n) is 9.37. The molecule has 0 saturated carbocycles. The van der Waals surface area contributed by atoms with Crippen molar-refractivity contribution in [2.24, 2.45) is 0 Å². The molecule has 0 aliphatic carbocycles. The lowest BCUT2D eigenvalue weighted by atomic mass is 9.97. The van der Waals surface area contributed by atoms with Gasteiger partial charge in [0.15, 0.2) is 0 Å². The minimum absolute atomic E-state index is 0.0394. The van der Waals surface area contributed by atoms with E-state index >= 15 is 0 Å². The highest BCUT2D eigenvalue weighted by atomic mass is 32.2. The molecular formula is C27H31N3O4S. The van der Waals surface area contributed by atoms with Crippen molar-refractivity contribution in [2.45, 2.75) is 57.6 Å². The molecule has 8 heteroatoms. The van der Waals surface area contributed by atoms with Gasteiger partial charge in [-0.2, -0.15) is 4.31 Å². The van der Waals surface area contributed by atoms with E-state index < -0.39 is 10.0 Å². The quantitative estimate of drug-likeness (QED) is 0.335. The van der Waals surface area contributed by atoms with Gasteiger partial charge in [-0.15, -0.1) is 0 Å². The largest absolute Gasteiger partial charge is 0.491 e. The molecule has 3 heterocycles. The summed E-state index contributed by atoms with van der Waals surface area (Å²) in [6, 6.07) is 13.0. The minimum atomic E-state index is -3.57. The number of oxazole rings is 1. The number of hydrogen-bond acceptors (Lipinski definition) is 5. The summed E-state index contributed by atoms with van der Waals surface area (Å²) in [7, 11) is -3.57. The fourth-order valence-corrected chi connectivity index (χ4v) is 6.34. The van der Waals surface area contributed by atoms with Crippen molar-refractivity contribution < 1.29 is 17.6 Å². The Morgan fingerprint density at radius 1 is 1.17 bits per heavy atom. The molecule has 1 atom stereocenters. The van der Waals surface area contributed by atoms with E-state index in [-0.39, 0.29) is 12.0 Å². The number of benzene rings is 2. The second kappa shape index (κ2) is 9.17. The van der Waals surface area contributed by atoms with Crippen LogP contribution in [-0.2, 0) is 16.6 Å². The molecule has 1 fully saturated rings. The molecule has 2 aromatic heterocycles. The average molecular weight is 494 g/mol. The van der Waals surface area contributed by atoms with Gasteiger partial charge in [-0.25, -0.2) is 13.4 Å². The molecule has 5 rings (SSSR count). The molecule has 184 valence electrons. The van der Waals surface area contributed by atoms with Gasteiger partial charge in [0.05, 0.1) is 17.2 Å². The third-order valence-electron chi connectivity index (χ3n) is 6.55. The van der Waals surface area contributed by atoms with Gasteiger partial charge in [-0.1, -0.05) is 6.07 Å². The Balaban J connectivity index is 1.40. The highest BCUT2D eigenvalue weighted by molar-refractivity contribution is 7.89.